The van der Waals surface area contributed by atoms with Crippen LogP contribution in [0.4, 0.5) is 10.1 Å². The lowest BCUT2D eigenvalue weighted by molar-refractivity contribution is 0.0697. The van der Waals surface area contributed by atoms with Gasteiger partial charge in [-0.25, -0.2) is 9.18 Å². The number of halogens is 3. The number of carboxylic acid groups (broad SMARTS) is 1. The number of carbonyl (C=O) groups is 1. The van der Waals surface area contributed by atoms with Crippen LogP contribution in [0, 0.1) is 5.82 Å². The number of nitrogens with one attached hydrogen (secondary N) is 1. The highest BCUT2D eigenvalue weighted by atomic mass is 35.5. The van der Waals surface area contributed by atoms with E-state index < -0.39 is 11.8 Å². The van der Waals surface area contributed by atoms with Crippen LogP contribution in [0.5, 0.6) is 0 Å². The number of aromatic carboxylic acids is 1. The van der Waals surface area contributed by atoms with E-state index in [1.807, 2.05) is 0 Å². The second-order valence-electron chi connectivity index (χ2n) is 4.05. The summed E-state index contributed by atoms with van der Waals surface area (Å²) in [5, 5.41) is 12.6. The minimum atomic E-state index is -1.12. The van der Waals surface area contributed by atoms with Gasteiger partial charge >= 0.3 is 5.97 Å². The van der Waals surface area contributed by atoms with Crippen LogP contribution in [0.15, 0.2) is 36.4 Å². The molecule has 0 fully saturated rings. The molecule has 0 spiro atoms. The lowest BCUT2D eigenvalue weighted by Gasteiger charge is -2.11. The number of anilines is 1. The first-order chi connectivity index (χ1) is 9.49. The van der Waals surface area contributed by atoms with Gasteiger partial charge in [-0.3, -0.25) is 0 Å². The molecule has 2 aromatic carbocycles. The summed E-state index contributed by atoms with van der Waals surface area (Å²) in [4.78, 5) is 10.9. The number of rotatable bonds is 4. The van der Waals surface area contributed by atoms with Crippen molar-refractivity contribution in [3.05, 3.63) is 63.4 Å². The molecule has 0 heterocycles. The predicted molar refractivity (Wildman–Crippen MR) is 77.1 cm³/mol. The van der Waals surface area contributed by atoms with E-state index in [0.717, 1.165) is 6.07 Å². The molecule has 0 saturated heterocycles. The van der Waals surface area contributed by atoms with E-state index in [2.05, 4.69) is 5.32 Å². The van der Waals surface area contributed by atoms with E-state index in [0.29, 0.717) is 15.6 Å². The molecule has 0 aromatic heterocycles. The van der Waals surface area contributed by atoms with Crippen LogP contribution < -0.4 is 5.32 Å². The largest absolute Gasteiger partial charge is 0.478 e. The van der Waals surface area contributed by atoms with Gasteiger partial charge in [0, 0.05) is 22.2 Å². The molecule has 2 N–H and O–H groups in total. The van der Waals surface area contributed by atoms with Gasteiger partial charge < -0.3 is 10.4 Å². The van der Waals surface area contributed by atoms with Crippen LogP contribution in [0.25, 0.3) is 0 Å². The molecule has 6 heteroatoms. The Hall–Kier alpha value is -1.78. The van der Waals surface area contributed by atoms with Crippen LogP contribution in [0.3, 0.4) is 0 Å². The molecule has 0 saturated carbocycles. The van der Waals surface area contributed by atoms with Gasteiger partial charge in [0.05, 0.1) is 11.3 Å². The van der Waals surface area contributed by atoms with Crippen molar-refractivity contribution in [3.8, 4) is 0 Å². The molecular formula is C14H10Cl2FNO2. The van der Waals surface area contributed by atoms with Gasteiger partial charge in [-0.2, -0.15) is 0 Å². The van der Waals surface area contributed by atoms with Gasteiger partial charge in [-0.1, -0.05) is 29.3 Å². The molecule has 104 valence electrons. The Labute approximate surface area is 124 Å². The summed E-state index contributed by atoms with van der Waals surface area (Å²) < 4.78 is 13.6. The molecule has 0 bridgehead atoms. The van der Waals surface area contributed by atoms with Gasteiger partial charge in [0.1, 0.15) is 5.82 Å². The summed E-state index contributed by atoms with van der Waals surface area (Å²) in [6, 6.07) is 8.58. The number of benzene rings is 2. The highest BCUT2D eigenvalue weighted by Gasteiger charge is 2.10. The maximum Gasteiger partial charge on any atom is 0.335 e. The van der Waals surface area contributed by atoms with E-state index in [9.17, 15) is 9.18 Å². The third kappa shape index (κ3) is 3.21. The fraction of sp³-hybridized carbons (Fsp3) is 0.0714. The molecule has 2 rings (SSSR count). The average Bonchev–Trinajstić information content (AvgIpc) is 2.39. The third-order valence-corrected chi connectivity index (χ3v) is 3.44. The van der Waals surface area contributed by atoms with Crippen LogP contribution in [-0.2, 0) is 6.54 Å². The molecule has 20 heavy (non-hydrogen) atoms. The fourth-order valence-electron chi connectivity index (χ4n) is 1.68. The predicted octanol–water partition coefficient (Wildman–Crippen LogP) is 4.44. The molecule has 0 amide bonds. The Morgan fingerprint density at radius 2 is 1.85 bits per heavy atom. The summed E-state index contributed by atoms with van der Waals surface area (Å²) in [7, 11) is 0. The molecule has 0 aliphatic heterocycles. The molecular weight excluding hydrogens is 304 g/mol. The van der Waals surface area contributed by atoms with Crippen LogP contribution >= 0.6 is 23.2 Å². The minimum Gasteiger partial charge on any atom is -0.478 e. The summed E-state index contributed by atoms with van der Waals surface area (Å²) in [5.41, 5.74) is 0.705. The van der Waals surface area contributed by atoms with Gasteiger partial charge in [-0.15, -0.1) is 0 Å². The molecule has 0 unspecified atom stereocenters. The van der Waals surface area contributed by atoms with Gasteiger partial charge in [-0.05, 0) is 30.3 Å². The van der Waals surface area contributed by atoms with E-state index in [1.165, 1.54) is 12.1 Å². The van der Waals surface area contributed by atoms with Crippen LogP contribution in [-0.4, -0.2) is 11.1 Å². The Kier molecular flexibility index (Phi) is 4.47. The second-order valence-corrected chi connectivity index (χ2v) is 4.87. The highest BCUT2D eigenvalue weighted by molar-refractivity contribution is 6.36. The smallest absolute Gasteiger partial charge is 0.335 e. The average molecular weight is 314 g/mol. The Morgan fingerprint density at radius 3 is 2.45 bits per heavy atom. The van der Waals surface area contributed by atoms with Crippen molar-refractivity contribution in [3.63, 3.8) is 0 Å². The van der Waals surface area contributed by atoms with E-state index in [-0.39, 0.29) is 17.8 Å². The fourth-order valence-corrected chi connectivity index (χ4v) is 2.21. The number of carboxylic acids is 1. The van der Waals surface area contributed by atoms with Crippen molar-refractivity contribution in [1.29, 1.82) is 0 Å². The van der Waals surface area contributed by atoms with Gasteiger partial charge in [0.15, 0.2) is 0 Å². The topological polar surface area (TPSA) is 49.3 Å². The summed E-state index contributed by atoms with van der Waals surface area (Å²) >= 11 is 12.0. The van der Waals surface area contributed by atoms with Gasteiger partial charge in [0.2, 0.25) is 0 Å². The Morgan fingerprint density at radius 1 is 1.20 bits per heavy atom. The Balaban J connectivity index is 2.23. The quantitative estimate of drug-likeness (QED) is 0.877. The second kappa shape index (κ2) is 6.11. The van der Waals surface area contributed by atoms with Crippen molar-refractivity contribution >= 4 is 34.9 Å². The monoisotopic (exact) mass is 313 g/mol. The van der Waals surface area contributed by atoms with Crippen LogP contribution in [0.1, 0.15) is 15.9 Å². The zero-order valence-electron chi connectivity index (χ0n) is 10.2. The normalized spacial score (nSPS) is 10.3. The van der Waals surface area contributed by atoms with E-state index in [1.54, 1.807) is 18.2 Å². The lowest BCUT2D eigenvalue weighted by atomic mass is 10.1. The molecule has 0 atom stereocenters. The zero-order valence-corrected chi connectivity index (χ0v) is 11.7. The molecule has 0 aliphatic carbocycles. The standard InChI is InChI=1S/C14H10Cl2FNO2/c15-10-2-1-3-11(16)9(10)7-18-13-6-8(14(19)20)4-5-12(13)17/h1-6,18H,7H2,(H,19,20). The first-order valence-corrected chi connectivity index (χ1v) is 6.44. The molecule has 0 radical (unpaired) electrons. The van der Waals surface area contributed by atoms with Crippen molar-refractivity contribution < 1.29 is 14.3 Å². The van der Waals surface area contributed by atoms with Crippen molar-refractivity contribution in [1.82, 2.24) is 0 Å². The first-order valence-electron chi connectivity index (χ1n) is 5.68. The number of hydrogen-bond acceptors (Lipinski definition) is 2. The lowest BCUT2D eigenvalue weighted by Crippen LogP contribution is -2.05. The highest BCUT2D eigenvalue weighted by Crippen LogP contribution is 2.26. The summed E-state index contributed by atoms with van der Waals surface area (Å²) in [5.74, 6) is -1.66. The Bertz CT molecular complexity index is 641. The van der Waals surface area contributed by atoms with Gasteiger partial charge in [0.25, 0.3) is 0 Å². The SMILES string of the molecule is O=C(O)c1ccc(F)c(NCc2c(Cl)cccc2Cl)c1. The summed E-state index contributed by atoms with van der Waals surface area (Å²) in [6.07, 6.45) is 0. The maximum atomic E-state index is 13.6. The van der Waals surface area contributed by atoms with Crippen molar-refractivity contribution in [2.75, 3.05) is 5.32 Å². The molecule has 3 nitrogen and oxygen atoms in total. The van der Waals surface area contributed by atoms with Crippen molar-refractivity contribution in [2.24, 2.45) is 0 Å². The summed E-state index contributed by atoms with van der Waals surface area (Å²) in [6.45, 7) is 0.193. The van der Waals surface area contributed by atoms with Crippen molar-refractivity contribution in [2.45, 2.75) is 6.54 Å². The molecule has 0 aliphatic rings. The molecule has 2 aromatic rings. The van der Waals surface area contributed by atoms with Crippen LogP contribution in [0.2, 0.25) is 10.0 Å². The minimum absolute atomic E-state index is 0.000782. The zero-order chi connectivity index (χ0) is 14.7. The van der Waals surface area contributed by atoms with E-state index in [4.69, 9.17) is 28.3 Å². The number of hydrogen-bond donors (Lipinski definition) is 2. The van der Waals surface area contributed by atoms with E-state index >= 15 is 0 Å². The first kappa shape index (κ1) is 14.6. The maximum absolute atomic E-state index is 13.6. The third-order valence-electron chi connectivity index (χ3n) is 2.73.